The van der Waals surface area contributed by atoms with Crippen molar-refractivity contribution >= 4 is 11.8 Å². The molecule has 2 aromatic carbocycles. The predicted octanol–water partition coefficient (Wildman–Crippen LogP) is 4.63. The number of fused-ring (bicyclic) bond motifs is 1. The average molecular weight is 437 g/mol. The van der Waals surface area contributed by atoms with E-state index in [4.69, 9.17) is 9.47 Å². The van der Waals surface area contributed by atoms with Crippen LogP contribution in [0.2, 0.25) is 0 Å². The lowest BCUT2D eigenvalue weighted by Crippen LogP contribution is -2.43. The summed E-state index contributed by atoms with van der Waals surface area (Å²) in [7, 11) is 3.21. The van der Waals surface area contributed by atoms with Crippen molar-refractivity contribution in [2.75, 3.05) is 14.2 Å². The van der Waals surface area contributed by atoms with Gasteiger partial charge in [-0.05, 0) is 42.7 Å². The third-order valence-corrected chi connectivity index (χ3v) is 6.59. The van der Waals surface area contributed by atoms with Crippen LogP contribution < -0.4 is 14.8 Å². The van der Waals surface area contributed by atoms with E-state index in [1.54, 1.807) is 25.2 Å². The molecule has 6 heteroatoms. The molecule has 1 N–H and O–H groups in total. The van der Waals surface area contributed by atoms with Crippen molar-refractivity contribution in [3.8, 4) is 11.5 Å². The van der Waals surface area contributed by atoms with Crippen molar-refractivity contribution in [2.24, 2.45) is 0 Å². The summed E-state index contributed by atoms with van der Waals surface area (Å²) in [5.41, 5.74) is 2.16. The molecule has 1 aliphatic heterocycles. The largest absolute Gasteiger partial charge is 0.497 e. The number of amides is 2. The molecule has 2 aliphatic rings. The molecule has 1 fully saturated rings. The van der Waals surface area contributed by atoms with Crippen LogP contribution >= 0.6 is 0 Å². The zero-order valence-electron chi connectivity index (χ0n) is 18.9. The molecule has 2 amide bonds. The van der Waals surface area contributed by atoms with E-state index in [1.807, 2.05) is 36.4 Å². The first-order valence-corrected chi connectivity index (χ1v) is 11.5. The molecule has 6 nitrogen and oxygen atoms in total. The van der Waals surface area contributed by atoms with Crippen LogP contribution in [0.1, 0.15) is 72.5 Å². The first-order valence-electron chi connectivity index (χ1n) is 11.5. The lowest BCUT2D eigenvalue weighted by atomic mass is 9.96. The molecule has 0 aromatic heterocycles. The van der Waals surface area contributed by atoms with E-state index in [-0.39, 0.29) is 24.4 Å². The summed E-state index contributed by atoms with van der Waals surface area (Å²) in [5, 5.41) is 3.27. The number of nitrogens with one attached hydrogen (secondary N) is 1. The summed E-state index contributed by atoms with van der Waals surface area (Å²) in [6.45, 7) is 0.261. The normalized spacial score (nSPS) is 19.1. The molecular formula is C26H32N2O4. The summed E-state index contributed by atoms with van der Waals surface area (Å²) in [5.74, 6) is 1.10. The maximum atomic E-state index is 13.5. The van der Waals surface area contributed by atoms with Crippen molar-refractivity contribution in [2.45, 2.75) is 63.6 Å². The summed E-state index contributed by atoms with van der Waals surface area (Å²) >= 11 is 0. The Hall–Kier alpha value is -3.02. The van der Waals surface area contributed by atoms with Gasteiger partial charge in [-0.1, -0.05) is 50.3 Å². The second-order valence-electron chi connectivity index (χ2n) is 8.65. The van der Waals surface area contributed by atoms with E-state index in [0.717, 1.165) is 36.8 Å². The van der Waals surface area contributed by atoms with E-state index in [2.05, 4.69) is 5.32 Å². The van der Waals surface area contributed by atoms with Gasteiger partial charge >= 0.3 is 0 Å². The maximum Gasteiger partial charge on any atom is 0.255 e. The standard InChI is InChI=1S/C26H32N2O4/c1-31-20-14-15-23(32-2)18(16-20)17-28-24(21-12-8-9-13-22(21)26(28)30)25(29)27-19-10-6-4-3-5-7-11-19/h8-9,12-16,19,24H,3-7,10-11,17H2,1-2H3,(H,27,29)/t24-/m0/s1. The number of benzene rings is 2. The molecule has 1 heterocycles. The number of methoxy groups -OCH3 is 2. The van der Waals surface area contributed by atoms with Crippen molar-refractivity contribution in [3.63, 3.8) is 0 Å². The number of hydrogen-bond acceptors (Lipinski definition) is 4. The van der Waals surface area contributed by atoms with Crippen LogP contribution in [0.25, 0.3) is 0 Å². The van der Waals surface area contributed by atoms with Crippen LogP contribution in [0.4, 0.5) is 0 Å². The maximum absolute atomic E-state index is 13.5. The zero-order chi connectivity index (χ0) is 22.5. The highest BCUT2D eigenvalue weighted by atomic mass is 16.5. The van der Waals surface area contributed by atoms with Gasteiger partial charge in [-0.25, -0.2) is 0 Å². The lowest BCUT2D eigenvalue weighted by molar-refractivity contribution is -0.126. The first-order chi connectivity index (χ1) is 15.6. The van der Waals surface area contributed by atoms with Gasteiger partial charge in [0.05, 0.1) is 20.8 Å². The van der Waals surface area contributed by atoms with Crippen LogP contribution in [0.15, 0.2) is 42.5 Å². The van der Waals surface area contributed by atoms with Crippen molar-refractivity contribution in [3.05, 3.63) is 59.2 Å². The van der Waals surface area contributed by atoms with E-state index < -0.39 is 6.04 Å². The fourth-order valence-corrected chi connectivity index (χ4v) is 4.89. The van der Waals surface area contributed by atoms with Crippen LogP contribution in [0.3, 0.4) is 0 Å². The molecule has 0 unspecified atom stereocenters. The quantitative estimate of drug-likeness (QED) is 0.717. The van der Waals surface area contributed by atoms with Crippen molar-refractivity contribution in [1.29, 1.82) is 0 Å². The van der Waals surface area contributed by atoms with Crippen LogP contribution in [0, 0.1) is 0 Å². The molecule has 0 radical (unpaired) electrons. The minimum absolute atomic E-state index is 0.101. The van der Waals surface area contributed by atoms with Gasteiger partial charge in [0.25, 0.3) is 5.91 Å². The molecule has 170 valence electrons. The Labute approximate surface area is 189 Å². The highest BCUT2D eigenvalue weighted by molar-refractivity contribution is 6.04. The monoisotopic (exact) mass is 436 g/mol. The van der Waals surface area contributed by atoms with Gasteiger partial charge in [0, 0.05) is 17.2 Å². The van der Waals surface area contributed by atoms with Gasteiger partial charge in [0.1, 0.15) is 17.5 Å². The van der Waals surface area contributed by atoms with Crippen LogP contribution in [-0.2, 0) is 11.3 Å². The Balaban J connectivity index is 1.62. The molecule has 1 aliphatic carbocycles. The Kier molecular flexibility index (Phi) is 6.98. The molecule has 1 atom stereocenters. The molecule has 4 rings (SSSR count). The Morgan fingerprint density at radius 1 is 1.00 bits per heavy atom. The van der Waals surface area contributed by atoms with E-state index >= 15 is 0 Å². The third-order valence-electron chi connectivity index (χ3n) is 6.59. The number of nitrogens with zero attached hydrogens (tertiary/aromatic N) is 1. The molecule has 0 spiro atoms. The summed E-state index contributed by atoms with van der Waals surface area (Å²) in [6, 6.07) is 12.4. The van der Waals surface area contributed by atoms with E-state index in [1.165, 1.54) is 19.3 Å². The predicted molar refractivity (Wildman–Crippen MR) is 123 cm³/mol. The average Bonchev–Trinajstić information content (AvgIpc) is 3.07. The Morgan fingerprint density at radius 3 is 2.44 bits per heavy atom. The number of carbonyl (C=O) groups excluding carboxylic acids is 2. The molecule has 1 saturated carbocycles. The lowest BCUT2D eigenvalue weighted by Gasteiger charge is -2.28. The second kappa shape index (κ2) is 10.1. The molecule has 32 heavy (non-hydrogen) atoms. The SMILES string of the molecule is COc1ccc(OC)c(CN2C(=O)c3ccccc3[C@H]2C(=O)NC2CCCCCCC2)c1. The molecule has 2 aromatic rings. The van der Waals surface area contributed by atoms with E-state index in [0.29, 0.717) is 17.1 Å². The van der Waals surface area contributed by atoms with Gasteiger partial charge in [0.15, 0.2) is 0 Å². The number of hydrogen-bond donors (Lipinski definition) is 1. The number of ether oxygens (including phenoxy) is 2. The Morgan fingerprint density at radius 2 is 1.72 bits per heavy atom. The zero-order valence-corrected chi connectivity index (χ0v) is 18.9. The topological polar surface area (TPSA) is 67.9 Å². The highest BCUT2D eigenvalue weighted by Crippen LogP contribution is 2.37. The summed E-state index contributed by atoms with van der Waals surface area (Å²) < 4.78 is 10.9. The minimum Gasteiger partial charge on any atom is -0.497 e. The fourth-order valence-electron chi connectivity index (χ4n) is 4.89. The smallest absolute Gasteiger partial charge is 0.255 e. The second-order valence-corrected chi connectivity index (χ2v) is 8.65. The van der Waals surface area contributed by atoms with Crippen molar-refractivity contribution in [1.82, 2.24) is 10.2 Å². The summed E-state index contributed by atoms with van der Waals surface area (Å²) in [4.78, 5) is 28.5. The van der Waals surface area contributed by atoms with Crippen LogP contribution in [0.5, 0.6) is 11.5 Å². The van der Waals surface area contributed by atoms with Gasteiger partial charge < -0.3 is 19.7 Å². The first kappa shape index (κ1) is 22.2. The number of rotatable bonds is 6. The van der Waals surface area contributed by atoms with Gasteiger partial charge in [0.2, 0.25) is 5.91 Å². The fraction of sp³-hybridized carbons (Fsp3) is 0.462. The summed E-state index contributed by atoms with van der Waals surface area (Å²) in [6.07, 6.45) is 7.99. The van der Waals surface area contributed by atoms with Gasteiger partial charge in [-0.15, -0.1) is 0 Å². The van der Waals surface area contributed by atoms with E-state index in [9.17, 15) is 9.59 Å². The molecular weight excluding hydrogens is 404 g/mol. The highest BCUT2D eigenvalue weighted by Gasteiger charge is 2.41. The number of carbonyl (C=O) groups is 2. The minimum atomic E-state index is -0.653. The van der Waals surface area contributed by atoms with Crippen molar-refractivity contribution < 1.29 is 19.1 Å². The third kappa shape index (κ3) is 4.59. The van der Waals surface area contributed by atoms with Gasteiger partial charge in [-0.3, -0.25) is 9.59 Å². The Bertz CT molecular complexity index is 966. The van der Waals surface area contributed by atoms with Gasteiger partial charge in [-0.2, -0.15) is 0 Å². The molecule has 0 bridgehead atoms. The van der Waals surface area contributed by atoms with Crippen LogP contribution in [-0.4, -0.2) is 37.0 Å². The molecule has 0 saturated heterocycles.